The van der Waals surface area contributed by atoms with E-state index in [2.05, 4.69) is 15.9 Å². The molecule has 0 bridgehead atoms. The Labute approximate surface area is 107 Å². The van der Waals surface area contributed by atoms with Crippen LogP contribution in [0.2, 0.25) is 0 Å². The van der Waals surface area contributed by atoms with Crippen LogP contribution < -0.4 is 5.11 Å². The van der Waals surface area contributed by atoms with Crippen LogP contribution in [0.3, 0.4) is 0 Å². The van der Waals surface area contributed by atoms with Crippen molar-refractivity contribution in [3.63, 3.8) is 0 Å². The predicted molar refractivity (Wildman–Crippen MR) is 60.0 cm³/mol. The molecule has 2 rings (SSSR count). The van der Waals surface area contributed by atoms with Crippen LogP contribution in [0.5, 0.6) is 0 Å². The van der Waals surface area contributed by atoms with Crippen molar-refractivity contribution in [1.82, 2.24) is 4.90 Å². The minimum atomic E-state index is -1.03. The zero-order valence-corrected chi connectivity index (χ0v) is 10.6. The van der Waals surface area contributed by atoms with E-state index in [1.165, 1.54) is 0 Å². The lowest BCUT2D eigenvalue weighted by Gasteiger charge is -2.31. The number of hydrogen-bond donors (Lipinski definition) is 0. The third-order valence-corrected chi connectivity index (χ3v) is 3.33. The van der Waals surface area contributed by atoms with Gasteiger partial charge in [0.25, 0.3) is 5.91 Å². The first-order valence-corrected chi connectivity index (χ1v) is 6.12. The Morgan fingerprint density at radius 2 is 2.00 bits per heavy atom. The summed E-state index contributed by atoms with van der Waals surface area (Å²) in [6.45, 7) is 0.853. The molecule has 1 saturated heterocycles. The third-order valence-electron chi connectivity index (χ3n) is 2.90. The van der Waals surface area contributed by atoms with Gasteiger partial charge in [0.15, 0.2) is 10.4 Å². The maximum atomic E-state index is 11.9. The zero-order valence-electron chi connectivity index (χ0n) is 9.02. The largest absolute Gasteiger partial charge is 0.550 e. The van der Waals surface area contributed by atoms with Gasteiger partial charge in [-0.1, -0.05) is 0 Å². The Bertz CT molecular complexity index is 434. The number of carboxylic acids is 1. The molecule has 1 fully saturated rings. The van der Waals surface area contributed by atoms with Crippen molar-refractivity contribution in [2.75, 3.05) is 13.1 Å². The zero-order chi connectivity index (χ0) is 12.4. The molecule has 17 heavy (non-hydrogen) atoms. The first kappa shape index (κ1) is 12.2. The minimum absolute atomic E-state index is 0.201. The number of hydrogen-bond acceptors (Lipinski definition) is 4. The summed E-state index contributed by atoms with van der Waals surface area (Å²) in [7, 11) is 0. The summed E-state index contributed by atoms with van der Waals surface area (Å²) in [5.74, 6) is -1.41. The fraction of sp³-hybridized carbons (Fsp3) is 0.455. The summed E-state index contributed by atoms with van der Waals surface area (Å²) in [6.07, 6.45) is 0.881. The molecule has 0 spiro atoms. The van der Waals surface area contributed by atoms with Gasteiger partial charge in [0.1, 0.15) is 0 Å². The highest BCUT2D eigenvalue weighted by Gasteiger charge is 2.25. The molecule has 1 aliphatic rings. The van der Waals surface area contributed by atoms with Gasteiger partial charge in [-0.05, 0) is 40.9 Å². The van der Waals surface area contributed by atoms with Crippen molar-refractivity contribution in [3.05, 3.63) is 22.6 Å². The van der Waals surface area contributed by atoms with Crippen LogP contribution in [0.1, 0.15) is 23.4 Å². The van der Waals surface area contributed by atoms with E-state index in [0.717, 1.165) is 0 Å². The van der Waals surface area contributed by atoms with Gasteiger partial charge < -0.3 is 19.2 Å². The number of carbonyl (C=O) groups is 2. The van der Waals surface area contributed by atoms with Crippen molar-refractivity contribution in [3.8, 4) is 0 Å². The molecule has 0 radical (unpaired) electrons. The molecule has 0 aliphatic carbocycles. The van der Waals surface area contributed by atoms with Crippen molar-refractivity contribution in [2.24, 2.45) is 5.92 Å². The van der Waals surface area contributed by atoms with E-state index in [4.69, 9.17) is 4.42 Å². The topological polar surface area (TPSA) is 73.6 Å². The summed E-state index contributed by atoms with van der Waals surface area (Å²) in [5, 5.41) is 10.7. The Morgan fingerprint density at radius 1 is 1.35 bits per heavy atom. The quantitative estimate of drug-likeness (QED) is 0.803. The lowest BCUT2D eigenvalue weighted by molar-refractivity contribution is -0.312. The van der Waals surface area contributed by atoms with E-state index in [9.17, 15) is 14.7 Å². The number of halogens is 1. The minimum Gasteiger partial charge on any atom is -0.550 e. The number of carbonyl (C=O) groups excluding carboxylic acids is 2. The number of aliphatic carboxylic acids is 1. The number of nitrogens with zero attached hydrogens (tertiary/aromatic N) is 1. The molecule has 1 aromatic rings. The molecule has 5 nitrogen and oxygen atoms in total. The highest BCUT2D eigenvalue weighted by Crippen LogP contribution is 2.20. The van der Waals surface area contributed by atoms with Crippen LogP contribution in [0.4, 0.5) is 0 Å². The summed E-state index contributed by atoms with van der Waals surface area (Å²) < 4.78 is 5.67. The molecule has 2 heterocycles. The van der Waals surface area contributed by atoms with Crippen LogP contribution in [0.15, 0.2) is 21.2 Å². The normalized spacial score (nSPS) is 17.1. The van der Waals surface area contributed by atoms with Crippen molar-refractivity contribution in [2.45, 2.75) is 12.8 Å². The van der Waals surface area contributed by atoms with Gasteiger partial charge >= 0.3 is 0 Å². The molecule has 0 saturated carbocycles. The molecule has 1 aliphatic heterocycles. The summed E-state index contributed by atoms with van der Waals surface area (Å²) in [4.78, 5) is 24.2. The first-order chi connectivity index (χ1) is 8.08. The van der Waals surface area contributed by atoms with Crippen LogP contribution in [-0.4, -0.2) is 29.9 Å². The number of likely N-dealkylation sites (tertiary alicyclic amines) is 1. The average Bonchev–Trinajstić information content (AvgIpc) is 2.75. The van der Waals surface area contributed by atoms with E-state index in [0.29, 0.717) is 30.6 Å². The number of rotatable bonds is 2. The van der Waals surface area contributed by atoms with Crippen molar-refractivity contribution < 1.29 is 19.1 Å². The van der Waals surface area contributed by atoms with Crippen LogP contribution in [0.25, 0.3) is 0 Å². The second-order valence-electron chi connectivity index (χ2n) is 3.99. The van der Waals surface area contributed by atoms with E-state index in [-0.39, 0.29) is 11.7 Å². The Balaban J connectivity index is 1.97. The van der Waals surface area contributed by atoms with Gasteiger partial charge in [0.05, 0.1) is 0 Å². The highest BCUT2D eigenvalue weighted by atomic mass is 79.9. The second kappa shape index (κ2) is 4.91. The molecular formula is C11H11BrNO4-. The summed E-state index contributed by atoms with van der Waals surface area (Å²) in [5.41, 5.74) is 0. The fourth-order valence-electron chi connectivity index (χ4n) is 1.90. The van der Waals surface area contributed by atoms with Crippen molar-refractivity contribution >= 4 is 27.8 Å². The molecule has 0 N–H and O–H groups in total. The lowest BCUT2D eigenvalue weighted by atomic mass is 9.97. The van der Waals surface area contributed by atoms with E-state index in [1.54, 1.807) is 17.0 Å². The Hall–Kier alpha value is -1.30. The molecule has 0 aromatic carbocycles. The maximum absolute atomic E-state index is 11.9. The first-order valence-electron chi connectivity index (χ1n) is 5.33. The number of piperidine rings is 1. The molecule has 0 atom stereocenters. The standard InChI is InChI=1S/C11H12BrNO4/c12-9-2-1-8(17-9)10(14)13-5-3-7(4-6-13)11(15)16/h1-2,7H,3-6H2,(H,15,16)/p-1. The average molecular weight is 301 g/mol. The molecule has 1 amide bonds. The van der Waals surface area contributed by atoms with E-state index >= 15 is 0 Å². The van der Waals surface area contributed by atoms with E-state index in [1.807, 2.05) is 0 Å². The van der Waals surface area contributed by atoms with Crippen LogP contribution >= 0.6 is 15.9 Å². The molecule has 92 valence electrons. The summed E-state index contributed by atoms with van der Waals surface area (Å²) in [6, 6.07) is 3.25. The molecule has 1 aromatic heterocycles. The van der Waals surface area contributed by atoms with Gasteiger partial charge in [-0.3, -0.25) is 4.79 Å². The molecule has 6 heteroatoms. The lowest BCUT2D eigenvalue weighted by Crippen LogP contribution is -2.43. The van der Waals surface area contributed by atoms with Gasteiger partial charge in [0, 0.05) is 25.0 Å². The predicted octanol–water partition coefficient (Wildman–Crippen LogP) is 0.644. The van der Waals surface area contributed by atoms with Gasteiger partial charge in [-0.15, -0.1) is 0 Å². The number of amides is 1. The summed E-state index contributed by atoms with van der Waals surface area (Å²) >= 11 is 3.13. The maximum Gasteiger partial charge on any atom is 0.289 e. The Morgan fingerprint density at radius 3 is 2.47 bits per heavy atom. The van der Waals surface area contributed by atoms with E-state index < -0.39 is 11.9 Å². The van der Waals surface area contributed by atoms with Crippen molar-refractivity contribution in [1.29, 1.82) is 0 Å². The number of furan rings is 1. The Kier molecular flexibility index (Phi) is 3.51. The van der Waals surface area contributed by atoms with Gasteiger partial charge in [0.2, 0.25) is 0 Å². The third kappa shape index (κ3) is 2.69. The highest BCUT2D eigenvalue weighted by molar-refractivity contribution is 9.10. The van der Waals surface area contributed by atoms with Gasteiger partial charge in [-0.2, -0.15) is 0 Å². The monoisotopic (exact) mass is 300 g/mol. The second-order valence-corrected chi connectivity index (χ2v) is 4.77. The molecule has 0 unspecified atom stereocenters. The van der Waals surface area contributed by atoms with Crippen LogP contribution in [0, 0.1) is 5.92 Å². The fourth-order valence-corrected chi connectivity index (χ4v) is 2.21. The smallest absolute Gasteiger partial charge is 0.289 e. The van der Waals surface area contributed by atoms with Crippen LogP contribution in [-0.2, 0) is 4.79 Å². The van der Waals surface area contributed by atoms with Gasteiger partial charge in [-0.25, -0.2) is 0 Å². The number of carboxylic acid groups (broad SMARTS) is 1. The molecular weight excluding hydrogens is 290 g/mol. The SMILES string of the molecule is O=C([O-])C1CCN(C(=O)c2ccc(Br)o2)CC1.